The molecule has 2 rings (SSSR count). The lowest BCUT2D eigenvalue weighted by molar-refractivity contribution is 0.141. The largest absolute Gasteiger partial charge is 0.384 e. The maximum atomic E-state index is 12.5. The molecule has 1 aliphatic heterocycles. The zero-order chi connectivity index (χ0) is 14.8. The number of aromatic nitrogens is 1. The Morgan fingerprint density at radius 1 is 1.25 bits per heavy atom. The molecule has 1 aromatic heterocycles. The van der Waals surface area contributed by atoms with Crippen LogP contribution in [0.2, 0.25) is 0 Å². The lowest BCUT2D eigenvalue weighted by Gasteiger charge is -2.40. The van der Waals surface area contributed by atoms with E-state index in [1.807, 2.05) is 0 Å². The topological polar surface area (TPSA) is 76.3 Å². The summed E-state index contributed by atoms with van der Waals surface area (Å²) in [5, 5.41) is 0. The van der Waals surface area contributed by atoms with Crippen molar-refractivity contribution >= 4 is 15.8 Å². The van der Waals surface area contributed by atoms with Crippen LogP contribution < -0.4 is 5.73 Å². The molecule has 0 aromatic carbocycles. The third-order valence-electron chi connectivity index (χ3n) is 4.68. The zero-order valence-corrected chi connectivity index (χ0v) is 13.0. The number of hydrogen-bond acceptors (Lipinski definition) is 4. The molecule has 0 atom stereocenters. The van der Waals surface area contributed by atoms with Crippen LogP contribution in [0.1, 0.15) is 39.5 Å². The van der Waals surface area contributed by atoms with Crippen LogP contribution >= 0.6 is 0 Å². The fourth-order valence-corrected chi connectivity index (χ4v) is 4.24. The molecule has 2 N–H and O–H groups in total. The Kier molecular flexibility index (Phi) is 4.34. The third kappa shape index (κ3) is 2.81. The fourth-order valence-electron chi connectivity index (χ4n) is 2.85. The van der Waals surface area contributed by atoms with Gasteiger partial charge in [0.15, 0.2) is 0 Å². The van der Waals surface area contributed by atoms with E-state index in [1.165, 1.54) is 18.3 Å². The molecular weight excluding hydrogens is 274 g/mol. The Bertz CT molecular complexity index is 540. The van der Waals surface area contributed by atoms with Crippen LogP contribution in [0.25, 0.3) is 0 Å². The average Bonchev–Trinajstić information content (AvgIpc) is 2.47. The van der Waals surface area contributed by atoms with Crippen molar-refractivity contribution in [1.82, 2.24) is 9.29 Å². The van der Waals surface area contributed by atoms with Crippen molar-refractivity contribution in [2.45, 2.75) is 44.4 Å². The Morgan fingerprint density at radius 3 is 2.30 bits per heavy atom. The summed E-state index contributed by atoms with van der Waals surface area (Å²) in [6.07, 6.45) is 5.43. The van der Waals surface area contributed by atoms with Gasteiger partial charge in [-0.05, 0) is 30.4 Å². The highest BCUT2D eigenvalue weighted by Gasteiger charge is 2.36. The van der Waals surface area contributed by atoms with Gasteiger partial charge in [0.25, 0.3) is 0 Å². The SMILES string of the molecule is CCC1(CC)CCN(S(=O)(=O)c2ccc(N)nc2)CC1. The van der Waals surface area contributed by atoms with Crippen LogP contribution in [0.15, 0.2) is 23.2 Å². The lowest BCUT2D eigenvalue weighted by atomic mass is 9.75. The van der Waals surface area contributed by atoms with Gasteiger partial charge in [0.05, 0.1) is 0 Å². The van der Waals surface area contributed by atoms with Crippen LogP contribution in [-0.4, -0.2) is 30.8 Å². The summed E-state index contributed by atoms with van der Waals surface area (Å²) in [5.74, 6) is 0.332. The normalized spacial score (nSPS) is 19.9. The second kappa shape index (κ2) is 5.69. The smallest absolute Gasteiger partial charge is 0.244 e. The summed E-state index contributed by atoms with van der Waals surface area (Å²) >= 11 is 0. The predicted molar refractivity (Wildman–Crippen MR) is 79.7 cm³/mol. The number of rotatable bonds is 4. The maximum absolute atomic E-state index is 12.5. The Balaban J connectivity index is 2.15. The van der Waals surface area contributed by atoms with Crippen molar-refractivity contribution in [3.8, 4) is 0 Å². The number of nitrogens with zero attached hydrogens (tertiary/aromatic N) is 2. The molecule has 0 amide bonds. The summed E-state index contributed by atoms with van der Waals surface area (Å²) < 4.78 is 26.6. The van der Waals surface area contributed by atoms with Gasteiger partial charge >= 0.3 is 0 Å². The Morgan fingerprint density at radius 2 is 1.85 bits per heavy atom. The van der Waals surface area contributed by atoms with E-state index in [0.29, 0.717) is 24.3 Å². The predicted octanol–water partition coefficient (Wildman–Crippen LogP) is 2.25. The van der Waals surface area contributed by atoms with E-state index in [1.54, 1.807) is 4.31 Å². The summed E-state index contributed by atoms with van der Waals surface area (Å²) in [6, 6.07) is 3.05. The van der Waals surface area contributed by atoms with Crippen molar-refractivity contribution in [1.29, 1.82) is 0 Å². The number of hydrogen-bond donors (Lipinski definition) is 1. The van der Waals surface area contributed by atoms with Crippen LogP contribution in [0, 0.1) is 5.41 Å². The zero-order valence-electron chi connectivity index (χ0n) is 12.2. The lowest BCUT2D eigenvalue weighted by Crippen LogP contribution is -2.42. The van der Waals surface area contributed by atoms with Gasteiger partial charge < -0.3 is 5.73 Å². The standard InChI is InChI=1S/C14H23N3O2S/c1-3-14(4-2)7-9-17(10-8-14)20(18,19)12-5-6-13(15)16-11-12/h5-6,11H,3-4,7-10H2,1-2H3,(H2,15,16). The van der Waals surface area contributed by atoms with Gasteiger partial charge in [-0.1, -0.05) is 26.7 Å². The minimum absolute atomic E-state index is 0.229. The summed E-state index contributed by atoms with van der Waals surface area (Å²) in [5.41, 5.74) is 5.81. The van der Waals surface area contributed by atoms with Gasteiger partial charge in [-0.15, -0.1) is 0 Å². The highest BCUT2D eigenvalue weighted by atomic mass is 32.2. The molecule has 0 spiro atoms. The van der Waals surface area contributed by atoms with E-state index in [9.17, 15) is 8.42 Å². The molecule has 112 valence electrons. The van der Waals surface area contributed by atoms with Gasteiger partial charge in [-0.25, -0.2) is 13.4 Å². The molecule has 1 aliphatic rings. The fraction of sp³-hybridized carbons (Fsp3) is 0.643. The van der Waals surface area contributed by atoms with Crippen molar-refractivity contribution in [3.05, 3.63) is 18.3 Å². The van der Waals surface area contributed by atoms with Gasteiger partial charge in [0.2, 0.25) is 10.0 Å². The number of sulfonamides is 1. The maximum Gasteiger partial charge on any atom is 0.244 e. The molecular formula is C14H23N3O2S. The second-order valence-electron chi connectivity index (χ2n) is 5.53. The van der Waals surface area contributed by atoms with Crippen LogP contribution in [0.4, 0.5) is 5.82 Å². The minimum atomic E-state index is -3.43. The number of piperidine rings is 1. The highest BCUT2D eigenvalue weighted by Crippen LogP contribution is 2.39. The van der Waals surface area contributed by atoms with Crippen molar-refractivity contribution in [2.75, 3.05) is 18.8 Å². The summed E-state index contributed by atoms with van der Waals surface area (Å²) in [7, 11) is -3.43. The van der Waals surface area contributed by atoms with Crippen LogP contribution in [0.5, 0.6) is 0 Å². The monoisotopic (exact) mass is 297 g/mol. The molecule has 6 heteroatoms. The molecule has 1 fully saturated rings. The van der Waals surface area contributed by atoms with Crippen molar-refractivity contribution in [3.63, 3.8) is 0 Å². The van der Waals surface area contributed by atoms with Gasteiger partial charge in [-0.2, -0.15) is 4.31 Å². The Labute approximate surface area is 121 Å². The molecule has 5 nitrogen and oxygen atoms in total. The number of nitrogens with two attached hydrogens (primary N) is 1. The molecule has 20 heavy (non-hydrogen) atoms. The molecule has 0 bridgehead atoms. The average molecular weight is 297 g/mol. The molecule has 0 radical (unpaired) electrons. The summed E-state index contributed by atoms with van der Waals surface area (Å²) in [4.78, 5) is 4.10. The number of nitrogen functional groups attached to an aromatic ring is 1. The minimum Gasteiger partial charge on any atom is -0.384 e. The molecule has 0 saturated carbocycles. The van der Waals surface area contributed by atoms with Crippen LogP contribution in [-0.2, 0) is 10.0 Å². The quantitative estimate of drug-likeness (QED) is 0.924. The van der Waals surface area contributed by atoms with Crippen LogP contribution in [0.3, 0.4) is 0 Å². The summed E-state index contributed by atoms with van der Waals surface area (Å²) in [6.45, 7) is 5.57. The first kappa shape index (κ1) is 15.3. The second-order valence-corrected chi connectivity index (χ2v) is 7.47. The molecule has 2 heterocycles. The van der Waals surface area contributed by atoms with Gasteiger partial charge in [0.1, 0.15) is 10.7 Å². The van der Waals surface area contributed by atoms with E-state index in [-0.39, 0.29) is 4.90 Å². The van der Waals surface area contributed by atoms with Gasteiger partial charge in [-0.3, -0.25) is 0 Å². The van der Waals surface area contributed by atoms with Crippen molar-refractivity contribution in [2.24, 2.45) is 5.41 Å². The van der Waals surface area contributed by atoms with E-state index >= 15 is 0 Å². The first-order valence-corrected chi connectivity index (χ1v) is 8.59. The van der Waals surface area contributed by atoms with Gasteiger partial charge in [0, 0.05) is 19.3 Å². The Hall–Kier alpha value is -1.14. The number of pyridine rings is 1. The van der Waals surface area contributed by atoms with E-state index in [2.05, 4.69) is 18.8 Å². The molecule has 0 unspecified atom stereocenters. The third-order valence-corrected chi connectivity index (χ3v) is 6.56. The first-order chi connectivity index (χ1) is 9.43. The first-order valence-electron chi connectivity index (χ1n) is 7.15. The highest BCUT2D eigenvalue weighted by molar-refractivity contribution is 7.89. The van der Waals surface area contributed by atoms with E-state index in [4.69, 9.17) is 5.73 Å². The van der Waals surface area contributed by atoms with E-state index < -0.39 is 10.0 Å². The molecule has 1 aromatic rings. The molecule has 1 saturated heterocycles. The van der Waals surface area contributed by atoms with Crippen molar-refractivity contribution < 1.29 is 8.42 Å². The molecule has 0 aliphatic carbocycles. The number of anilines is 1. The van der Waals surface area contributed by atoms with E-state index in [0.717, 1.165) is 25.7 Å².